The van der Waals surface area contributed by atoms with Crippen molar-refractivity contribution in [2.45, 2.75) is 0 Å². The second-order valence-electron chi connectivity index (χ2n) is 2.18. The SMILES string of the molecule is CNC(=O)c1c(F)cccc1F. The Kier molecular flexibility index (Phi) is 2.38. The van der Waals surface area contributed by atoms with Crippen molar-refractivity contribution < 1.29 is 13.6 Å². The lowest BCUT2D eigenvalue weighted by Crippen LogP contribution is -2.20. The fourth-order valence-electron chi connectivity index (χ4n) is 0.840. The molecule has 1 aromatic rings. The molecule has 0 saturated heterocycles. The largest absolute Gasteiger partial charge is 0.355 e. The van der Waals surface area contributed by atoms with Gasteiger partial charge >= 0.3 is 0 Å². The van der Waals surface area contributed by atoms with Gasteiger partial charge in [-0.05, 0) is 12.1 Å². The van der Waals surface area contributed by atoms with Crippen LogP contribution in [0.25, 0.3) is 0 Å². The number of carbonyl (C=O) groups is 1. The average Bonchev–Trinajstić information content (AvgIpc) is 2.03. The molecule has 1 aromatic carbocycles. The molecule has 0 fully saturated rings. The number of hydrogen-bond donors (Lipinski definition) is 1. The Hall–Kier alpha value is -1.45. The Morgan fingerprint density at radius 3 is 2.25 bits per heavy atom. The molecule has 0 aromatic heterocycles. The molecule has 1 rings (SSSR count). The van der Waals surface area contributed by atoms with E-state index in [2.05, 4.69) is 5.32 Å². The van der Waals surface area contributed by atoms with Crippen LogP contribution in [0.15, 0.2) is 18.2 Å². The highest BCUT2D eigenvalue weighted by atomic mass is 19.1. The normalized spacial score (nSPS) is 9.58. The number of amides is 1. The van der Waals surface area contributed by atoms with Crippen molar-refractivity contribution in [1.82, 2.24) is 5.32 Å². The highest BCUT2D eigenvalue weighted by molar-refractivity contribution is 5.94. The van der Waals surface area contributed by atoms with E-state index in [1.54, 1.807) is 0 Å². The Labute approximate surface area is 68.2 Å². The first-order valence-electron chi connectivity index (χ1n) is 3.33. The first kappa shape index (κ1) is 8.64. The molecule has 0 saturated carbocycles. The molecule has 0 aliphatic carbocycles. The van der Waals surface area contributed by atoms with Gasteiger partial charge in [-0.3, -0.25) is 4.79 Å². The fraction of sp³-hybridized carbons (Fsp3) is 0.125. The van der Waals surface area contributed by atoms with E-state index in [1.165, 1.54) is 13.1 Å². The third kappa shape index (κ3) is 1.42. The van der Waals surface area contributed by atoms with Gasteiger partial charge in [0.05, 0.1) is 0 Å². The van der Waals surface area contributed by atoms with E-state index in [-0.39, 0.29) is 0 Å². The Bertz CT molecular complexity index is 292. The molecule has 0 atom stereocenters. The lowest BCUT2D eigenvalue weighted by Gasteiger charge is -2.01. The quantitative estimate of drug-likeness (QED) is 0.678. The zero-order valence-electron chi connectivity index (χ0n) is 6.40. The first-order valence-corrected chi connectivity index (χ1v) is 3.33. The van der Waals surface area contributed by atoms with E-state index in [4.69, 9.17) is 0 Å². The smallest absolute Gasteiger partial charge is 0.256 e. The number of hydrogen-bond acceptors (Lipinski definition) is 1. The van der Waals surface area contributed by atoms with Crippen LogP contribution in [0.4, 0.5) is 8.78 Å². The van der Waals surface area contributed by atoms with Crippen molar-refractivity contribution in [1.29, 1.82) is 0 Å². The summed E-state index contributed by atoms with van der Waals surface area (Å²) in [5.41, 5.74) is -0.542. The molecule has 0 heterocycles. The van der Waals surface area contributed by atoms with Gasteiger partial charge in [0.15, 0.2) is 0 Å². The van der Waals surface area contributed by atoms with Crippen molar-refractivity contribution in [3.05, 3.63) is 35.4 Å². The molecule has 0 spiro atoms. The van der Waals surface area contributed by atoms with Gasteiger partial charge < -0.3 is 5.32 Å². The predicted octanol–water partition coefficient (Wildman–Crippen LogP) is 1.32. The maximum absolute atomic E-state index is 12.8. The lowest BCUT2D eigenvalue weighted by atomic mass is 10.2. The van der Waals surface area contributed by atoms with E-state index in [1.807, 2.05) is 0 Å². The number of rotatable bonds is 1. The summed E-state index contributed by atoms with van der Waals surface area (Å²) in [5, 5.41) is 2.14. The van der Waals surface area contributed by atoms with E-state index in [9.17, 15) is 13.6 Å². The van der Waals surface area contributed by atoms with Crippen LogP contribution < -0.4 is 5.32 Å². The summed E-state index contributed by atoms with van der Waals surface area (Å²) in [4.78, 5) is 10.9. The van der Waals surface area contributed by atoms with Crippen molar-refractivity contribution in [3.8, 4) is 0 Å². The van der Waals surface area contributed by atoms with Crippen LogP contribution in [-0.4, -0.2) is 13.0 Å². The fourth-order valence-corrected chi connectivity index (χ4v) is 0.840. The summed E-state index contributed by atoms with van der Waals surface area (Å²) in [6.07, 6.45) is 0. The van der Waals surface area contributed by atoms with Crippen LogP contribution in [-0.2, 0) is 0 Å². The van der Waals surface area contributed by atoms with Crippen molar-refractivity contribution in [2.75, 3.05) is 7.05 Å². The third-order valence-corrected chi connectivity index (χ3v) is 1.42. The average molecular weight is 171 g/mol. The van der Waals surface area contributed by atoms with Crippen LogP contribution >= 0.6 is 0 Å². The van der Waals surface area contributed by atoms with Gasteiger partial charge in [-0.25, -0.2) is 8.78 Å². The van der Waals surface area contributed by atoms with E-state index < -0.39 is 23.1 Å². The zero-order valence-corrected chi connectivity index (χ0v) is 6.40. The molecular weight excluding hydrogens is 164 g/mol. The van der Waals surface area contributed by atoms with Crippen molar-refractivity contribution >= 4 is 5.91 Å². The van der Waals surface area contributed by atoms with Gasteiger partial charge in [-0.15, -0.1) is 0 Å². The molecule has 0 aliphatic rings. The molecule has 64 valence electrons. The van der Waals surface area contributed by atoms with Crippen LogP contribution in [0.5, 0.6) is 0 Å². The Morgan fingerprint density at radius 1 is 1.33 bits per heavy atom. The van der Waals surface area contributed by atoms with Gasteiger partial charge in [0.2, 0.25) is 0 Å². The number of carbonyl (C=O) groups excluding carboxylic acids is 1. The highest BCUT2D eigenvalue weighted by Crippen LogP contribution is 2.10. The van der Waals surface area contributed by atoms with Crippen LogP contribution in [0.3, 0.4) is 0 Å². The monoisotopic (exact) mass is 171 g/mol. The predicted molar refractivity (Wildman–Crippen MR) is 39.7 cm³/mol. The Balaban J connectivity index is 3.21. The van der Waals surface area contributed by atoms with Gasteiger partial charge in [0, 0.05) is 7.05 Å². The van der Waals surface area contributed by atoms with Crippen molar-refractivity contribution in [2.24, 2.45) is 0 Å². The Morgan fingerprint density at radius 2 is 1.83 bits per heavy atom. The minimum Gasteiger partial charge on any atom is -0.355 e. The van der Waals surface area contributed by atoms with Crippen molar-refractivity contribution in [3.63, 3.8) is 0 Å². The molecule has 1 N–H and O–H groups in total. The molecule has 1 amide bonds. The van der Waals surface area contributed by atoms with Crippen LogP contribution in [0.1, 0.15) is 10.4 Å². The van der Waals surface area contributed by atoms with Gasteiger partial charge in [-0.2, -0.15) is 0 Å². The molecule has 12 heavy (non-hydrogen) atoms. The third-order valence-electron chi connectivity index (χ3n) is 1.42. The molecule has 0 radical (unpaired) electrons. The van der Waals surface area contributed by atoms with E-state index in [0.717, 1.165) is 12.1 Å². The molecule has 0 aliphatic heterocycles. The summed E-state index contributed by atoms with van der Waals surface area (Å²) in [6, 6.07) is 3.28. The van der Waals surface area contributed by atoms with Gasteiger partial charge in [-0.1, -0.05) is 6.07 Å². The van der Waals surface area contributed by atoms with E-state index in [0.29, 0.717) is 0 Å². The highest BCUT2D eigenvalue weighted by Gasteiger charge is 2.14. The van der Waals surface area contributed by atoms with Gasteiger partial charge in [0.1, 0.15) is 17.2 Å². The number of benzene rings is 1. The van der Waals surface area contributed by atoms with Gasteiger partial charge in [0.25, 0.3) is 5.91 Å². The standard InChI is InChI=1S/C8H7F2NO/c1-11-8(12)7-5(9)3-2-4-6(7)10/h2-4H,1H3,(H,11,12). The van der Waals surface area contributed by atoms with Crippen LogP contribution in [0, 0.1) is 11.6 Å². The maximum atomic E-state index is 12.8. The summed E-state index contributed by atoms with van der Waals surface area (Å²) in [7, 11) is 1.31. The summed E-state index contributed by atoms with van der Waals surface area (Å²) in [5.74, 6) is -2.46. The first-order chi connectivity index (χ1) is 5.66. The second-order valence-corrected chi connectivity index (χ2v) is 2.18. The minimum atomic E-state index is -0.852. The molecular formula is C8H7F2NO. The lowest BCUT2D eigenvalue weighted by molar-refractivity contribution is 0.0954. The zero-order chi connectivity index (χ0) is 9.14. The summed E-state index contributed by atoms with van der Waals surface area (Å²) in [6.45, 7) is 0. The second kappa shape index (κ2) is 3.30. The van der Waals surface area contributed by atoms with E-state index >= 15 is 0 Å². The topological polar surface area (TPSA) is 29.1 Å². The maximum Gasteiger partial charge on any atom is 0.256 e. The molecule has 4 heteroatoms. The minimum absolute atomic E-state index is 0.542. The molecule has 0 unspecified atom stereocenters. The molecule has 2 nitrogen and oxygen atoms in total. The summed E-state index contributed by atoms with van der Waals surface area (Å²) < 4.78 is 25.6. The molecule has 0 bridgehead atoms. The summed E-state index contributed by atoms with van der Waals surface area (Å²) >= 11 is 0. The van der Waals surface area contributed by atoms with Crippen LogP contribution in [0.2, 0.25) is 0 Å². The number of nitrogens with one attached hydrogen (secondary N) is 1. The number of halogens is 2.